The van der Waals surface area contributed by atoms with E-state index in [9.17, 15) is 23.1 Å². The molecule has 0 bridgehead atoms. The molecule has 0 aromatic carbocycles. The molecule has 24 heavy (non-hydrogen) atoms. The van der Waals surface area contributed by atoms with Crippen molar-refractivity contribution in [1.29, 1.82) is 0 Å². The molecule has 3 aliphatic rings. The largest absolute Gasteiger partial charge is 0.481 e. The van der Waals surface area contributed by atoms with Crippen LogP contribution in [0.15, 0.2) is 28.3 Å². The third-order valence-electron chi connectivity index (χ3n) is 4.37. The topological polar surface area (TPSA) is 107 Å². The highest BCUT2D eigenvalue weighted by Gasteiger charge is 2.33. The average Bonchev–Trinajstić information content (AvgIpc) is 2.52. The van der Waals surface area contributed by atoms with E-state index in [1.807, 2.05) is 6.92 Å². The van der Waals surface area contributed by atoms with Crippen LogP contribution in [-0.4, -0.2) is 66.4 Å². The molecule has 130 valence electrons. The predicted octanol–water partition coefficient (Wildman–Crippen LogP) is 0.0532. The Kier molecular flexibility index (Phi) is 4.20. The summed E-state index contributed by atoms with van der Waals surface area (Å²) in [6.07, 6.45) is 5.19. The molecule has 1 saturated heterocycles. The summed E-state index contributed by atoms with van der Waals surface area (Å²) in [5.74, 6) is -1.35. The number of nitrogens with zero attached hydrogens (tertiary/aromatic N) is 3. The van der Waals surface area contributed by atoms with E-state index in [4.69, 9.17) is 0 Å². The zero-order valence-corrected chi connectivity index (χ0v) is 14.1. The molecule has 0 aromatic heterocycles. The number of carboxylic acid groups (broad SMARTS) is 1. The van der Waals surface area contributed by atoms with E-state index >= 15 is 0 Å². The normalized spacial score (nSPS) is 28.7. The predicted molar refractivity (Wildman–Crippen MR) is 86.6 cm³/mol. The van der Waals surface area contributed by atoms with Gasteiger partial charge in [0.1, 0.15) is 5.84 Å². The minimum absolute atomic E-state index is 0.0931. The van der Waals surface area contributed by atoms with Gasteiger partial charge in [-0.1, -0.05) is 6.92 Å². The van der Waals surface area contributed by atoms with Crippen LogP contribution < -0.4 is 0 Å². The number of hydrogen-bond acceptors (Lipinski definition) is 5. The summed E-state index contributed by atoms with van der Waals surface area (Å²) < 4.78 is 26.7. The third kappa shape index (κ3) is 3.35. The Bertz CT molecular complexity index is 768. The van der Waals surface area contributed by atoms with Crippen LogP contribution in [0.3, 0.4) is 0 Å². The number of fused-ring (bicyclic) bond motifs is 1. The molecule has 3 aliphatic heterocycles. The summed E-state index contributed by atoms with van der Waals surface area (Å²) in [6, 6.07) is 0. The van der Waals surface area contributed by atoms with Crippen LogP contribution >= 0.6 is 0 Å². The van der Waals surface area contributed by atoms with Gasteiger partial charge in [0.25, 0.3) is 15.9 Å². The number of aliphatic carboxylic acids is 1. The maximum absolute atomic E-state index is 12.7. The van der Waals surface area contributed by atoms with Crippen molar-refractivity contribution in [2.45, 2.75) is 13.3 Å². The number of carbonyl (C=O) groups is 2. The van der Waals surface area contributed by atoms with Gasteiger partial charge in [-0.3, -0.25) is 9.59 Å². The summed E-state index contributed by atoms with van der Waals surface area (Å²) in [5, 5.41) is 9.22. The first-order valence-corrected chi connectivity index (χ1v) is 9.37. The zero-order valence-electron chi connectivity index (χ0n) is 13.3. The number of likely N-dealkylation sites (tertiary alicyclic amines) is 1. The van der Waals surface area contributed by atoms with Crippen LogP contribution in [0.2, 0.25) is 0 Å². The fourth-order valence-electron chi connectivity index (χ4n) is 3.21. The summed E-state index contributed by atoms with van der Waals surface area (Å²) in [6.45, 7) is 2.89. The molecule has 0 spiro atoms. The van der Waals surface area contributed by atoms with Gasteiger partial charge < -0.3 is 14.9 Å². The van der Waals surface area contributed by atoms with E-state index in [0.29, 0.717) is 24.4 Å². The number of amides is 1. The summed E-state index contributed by atoms with van der Waals surface area (Å²) in [5.41, 5.74) is 0.409. The molecular weight excluding hydrogens is 334 g/mol. The van der Waals surface area contributed by atoms with Crippen LogP contribution in [0.1, 0.15) is 13.3 Å². The molecule has 1 amide bonds. The first kappa shape index (κ1) is 16.7. The van der Waals surface area contributed by atoms with Crippen molar-refractivity contribution in [3.05, 3.63) is 23.9 Å². The molecule has 1 fully saturated rings. The molecule has 0 saturated carbocycles. The van der Waals surface area contributed by atoms with Crippen molar-refractivity contribution < 1.29 is 23.1 Å². The number of amidine groups is 1. The van der Waals surface area contributed by atoms with Gasteiger partial charge in [0.15, 0.2) is 0 Å². The minimum Gasteiger partial charge on any atom is -0.481 e. The molecule has 1 N–H and O–H groups in total. The van der Waals surface area contributed by atoms with Crippen molar-refractivity contribution in [2.75, 3.05) is 25.4 Å². The van der Waals surface area contributed by atoms with Crippen LogP contribution in [0.4, 0.5) is 0 Å². The standard InChI is InChI=1S/C15H19N3O5S/c1-10-6-12(15(20)21)9-18(7-10)14(19)11-2-3-13-16-24(22,23)5-4-17(13)8-11/h2-3,8,10,12H,4-7,9H2,1H3,(H,20,21). The Morgan fingerprint density at radius 3 is 2.75 bits per heavy atom. The van der Waals surface area contributed by atoms with Gasteiger partial charge in [0, 0.05) is 25.8 Å². The lowest BCUT2D eigenvalue weighted by atomic mass is 9.90. The molecule has 0 aromatic rings. The second kappa shape index (κ2) is 6.04. The molecule has 3 rings (SSSR count). The number of carboxylic acids is 1. The van der Waals surface area contributed by atoms with Crippen molar-refractivity contribution in [2.24, 2.45) is 16.2 Å². The van der Waals surface area contributed by atoms with Crippen molar-refractivity contribution in [3.8, 4) is 0 Å². The van der Waals surface area contributed by atoms with Gasteiger partial charge in [0.2, 0.25) is 0 Å². The zero-order chi connectivity index (χ0) is 17.5. The lowest BCUT2D eigenvalue weighted by Crippen LogP contribution is -2.46. The third-order valence-corrected chi connectivity index (χ3v) is 5.53. The first-order valence-electron chi connectivity index (χ1n) is 7.76. The van der Waals surface area contributed by atoms with Crippen molar-refractivity contribution in [1.82, 2.24) is 9.80 Å². The molecule has 3 heterocycles. The van der Waals surface area contributed by atoms with Crippen LogP contribution in [0.25, 0.3) is 0 Å². The molecule has 2 unspecified atom stereocenters. The fourth-order valence-corrected chi connectivity index (χ4v) is 4.18. The van der Waals surface area contributed by atoms with Crippen LogP contribution in [0, 0.1) is 11.8 Å². The maximum atomic E-state index is 12.7. The van der Waals surface area contributed by atoms with E-state index in [0.717, 1.165) is 0 Å². The highest BCUT2D eigenvalue weighted by Crippen LogP contribution is 2.24. The Labute approximate surface area is 140 Å². The lowest BCUT2D eigenvalue weighted by molar-refractivity contribution is -0.146. The second-order valence-corrected chi connectivity index (χ2v) is 8.19. The average molecular weight is 353 g/mol. The number of rotatable bonds is 2. The maximum Gasteiger partial charge on any atom is 0.308 e. The second-order valence-electron chi connectivity index (χ2n) is 6.43. The minimum atomic E-state index is -3.43. The Balaban J connectivity index is 1.78. The quantitative estimate of drug-likeness (QED) is 0.752. The molecule has 2 atom stereocenters. The summed E-state index contributed by atoms with van der Waals surface area (Å²) >= 11 is 0. The Morgan fingerprint density at radius 2 is 2.04 bits per heavy atom. The molecular formula is C15H19N3O5S. The van der Waals surface area contributed by atoms with Crippen molar-refractivity contribution >= 4 is 27.7 Å². The Morgan fingerprint density at radius 1 is 1.29 bits per heavy atom. The van der Waals surface area contributed by atoms with Crippen LogP contribution in [0.5, 0.6) is 0 Å². The smallest absolute Gasteiger partial charge is 0.308 e. The molecule has 8 nitrogen and oxygen atoms in total. The van der Waals surface area contributed by atoms with Gasteiger partial charge in [0.05, 0.1) is 17.2 Å². The van der Waals surface area contributed by atoms with Crippen LogP contribution in [-0.2, 0) is 19.6 Å². The van der Waals surface area contributed by atoms with Gasteiger partial charge in [-0.2, -0.15) is 0 Å². The number of hydrogen-bond donors (Lipinski definition) is 1. The summed E-state index contributed by atoms with van der Waals surface area (Å²) in [4.78, 5) is 27.1. The van der Waals surface area contributed by atoms with E-state index in [-0.39, 0.29) is 30.7 Å². The Hall–Kier alpha value is -2.16. The number of sulfonamides is 1. The van der Waals surface area contributed by atoms with E-state index in [1.54, 1.807) is 16.0 Å². The van der Waals surface area contributed by atoms with E-state index in [1.165, 1.54) is 12.2 Å². The highest BCUT2D eigenvalue weighted by atomic mass is 32.2. The first-order chi connectivity index (χ1) is 11.2. The van der Waals surface area contributed by atoms with Gasteiger partial charge >= 0.3 is 5.97 Å². The number of piperidine rings is 1. The van der Waals surface area contributed by atoms with Crippen molar-refractivity contribution in [3.63, 3.8) is 0 Å². The monoisotopic (exact) mass is 353 g/mol. The van der Waals surface area contributed by atoms with E-state index in [2.05, 4.69) is 4.40 Å². The lowest BCUT2D eigenvalue weighted by Gasteiger charge is -2.35. The number of carbonyl (C=O) groups excluding carboxylic acids is 1. The summed E-state index contributed by atoms with van der Waals surface area (Å²) in [7, 11) is -3.43. The van der Waals surface area contributed by atoms with Gasteiger partial charge in [-0.05, 0) is 24.5 Å². The van der Waals surface area contributed by atoms with Gasteiger partial charge in [-0.15, -0.1) is 4.40 Å². The molecule has 0 radical (unpaired) electrons. The van der Waals surface area contributed by atoms with E-state index < -0.39 is 21.9 Å². The van der Waals surface area contributed by atoms with Gasteiger partial charge in [-0.25, -0.2) is 8.42 Å². The fraction of sp³-hybridized carbons (Fsp3) is 0.533. The highest BCUT2D eigenvalue weighted by molar-refractivity contribution is 7.90. The SMILES string of the molecule is CC1CC(C(=O)O)CN(C(=O)C2=CN3CCS(=O)(=O)N=C3C=C2)C1. The molecule has 0 aliphatic carbocycles. The molecule has 9 heteroatoms.